The molecule has 1 rings (SSSR count). The van der Waals surface area contributed by atoms with E-state index < -0.39 is 4.32 Å². The smallest absolute Gasteiger partial charge is 0.240 e. The minimum atomic E-state index is -0.639. The molecule has 0 saturated carbocycles. The first-order valence-electron chi connectivity index (χ1n) is 4.68. The van der Waals surface area contributed by atoms with Crippen molar-refractivity contribution in [1.82, 2.24) is 0 Å². The number of halogens is 2. The zero-order valence-electron chi connectivity index (χ0n) is 9.30. The summed E-state index contributed by atoms with van der Waals surface area (Å²) in [4.78, 5) is 11.7. The number of methoxy groups -OCH3 is 1. The van der Waals surface area contributed by atoms with Crippen LogP contribution in [0.1, 0.15) is 13.8 Å². The Balaban J connectivity index is 2.92. The van der Waals surface area contributed by atoms with E-state index >= 15 is 0 Å². The van der Waals surface area contributed by atoms with Gasteiger partial charge in [-0.25, -0.2) is 0 Å². The third kappa shape index (κ3) is 3.39. The summed E-state index contributed by atoms with van der Waals surface area (Å²) < 4.78 is 4.42. The molecule has 16 heavy (non-hydrogen) atoms. The van der Waals surface area contributed by atoms with Crippen LogP contribution in [0.3, 0.4) is 0 Å². The van der Waals surface area contributed by atoms with E-state index in [9.17, 15) is 4.79 Å². The zero-order valence-corrected chi connectivity index (χ0v) is 11.6. The molecule has 5 heteroatoms. The molecule has 0 aliphatic carbocycles. The SMILES string of the molecule is COc1ccc(Cl)c(NC(=O)C(C)(C)Br)c1. The third-order valence-electron chi connectivity index (χ3n) is 1.96. The van der Waals surface area contributed by atoms with Crippen molar-refractivity contribution in [3.8, 4) is 5.75 Å². The molecule has 0 saturated heterocycles. The molecule has 0 aliphatic heterocycles. The topological polar surface area (TPSA) is 38.3 Å². The van der Waals surface area contributed by atoms with Gasteiger partial charge in [-0.1, -0.05) is 27.5 Å². The Kier molecular flexibility index (Phi) is 4.21. The van der Waals surface area contributed by atoms with E-state index in [4.69, 9.17) is 16.3 Å². The highest BCUT2D eigenvalue weighted by atomic mass is 79.9. The van der Waals surface area contributed by atoms with Crippen molar-refractivity contribution in [3.05, 3.63) is 23.2 Å². The van der Waals surface area contributed by atoms with E-state index in [1.54, 1.807) is 39.2 Å². The van der Waals surface area contributed by atoms with Crippen LogP contribution >= 0.6 is 27.5 Å². The Labute approximate surface area is 108 Å². The zero-order chi connectivity index (χ0) is 12.3. The number of hydrogen-bond acceptors (Lipinski definition) is 2. The summed E-state index contributed by atoms with van der Waals surface area (Å²) in [6.07, 6.45) is 0. The molecular formula is C11H13BrClNO2. The molecule has 0 unspecified atom stereocenters. The van der Waals surface area contributed by atoms with Gasteiger partial charge in [0.15, 0.2) is 0 Å². The van der Waals surface area contributed by atoms with Crippen LogP contribution in [0.2, 0.25) is 5.02 Å². The van der Waals surface area contributed by atoms with Gasteiger partial charge in [0.1, 0.15) is 5.75 Å². The number of amides is 1. The molecule has 1 N–H and O–H groups in total. The molecule has 0 bridgehead atoms. The fourth-order valence-electron chi connectivity index (χ4n) is 0.998. The Morgan fingerprint density at radius 2 is 2.12 bits per heavy atom. The van der Waals surface area contributed by atoms with Crippen molar-refractivity contribution in [2.24, 2.45) is 0 Å². The standard InChI is InChI=1S/C11H13BrClNO2/c1-11(2,12)10(15)14-9-6-7(16-3)4-5-8(9)13/h4-6H,1-3H3,(H,14,15). The summed E-state index contributed by atoms with van der Waals surface area (Å²) >= 11 is 9.24. The molecule has 1 aromatic carbocycles. The lowest BCUT2D eigenvalue weighted by Crippen LogP contribution is -2.31. The molecule has 0 spiro atoms. The number of anilines is 1. The van der Waals surface area contributed by atoms with Gasteiger partial charge < -0.3 is 10.1 Å². The second kappa shape index (κ2) is 5.06. The molecule has 0 atom stereocenters. The van der Waals surface area contributed by atoms with Crippen molar-refractivity contribution in [2.75, 3.05) is 12.4 Å². The van der Waals surface area contributed by atoms with Gasteiger partial charge in [0.2, 0.25) is 5.91 Å². The summed E-state index contributed by atoms with van der Waals surface area (Å²) in [5.41, 5.74) is 0.540. The van der Waals surface area contributed by atoms with Crippen LogP contribution in [0, 0.1) is 0 Å². The van der Waals surface area contributed by atoms with Crippen molar-refractivity contribution in [1.29, 1.82) is 0 Å². The first-order valence-corrected chi connectivity index (χ1v) is 5.85. The second-order valence-electron chi connectivity index (χ2n) is 3.77. The predicted molar refractivity (Wildman–Crippen MR) is 69.6 cm³/mol. The molecular weight excluding hydrogens is 293 g/mol. The van der Waals surface area contributed by atoms with Gasteiger partial charge in [-0.3, -0.25) is 4.79 Å². The van der Waals surface area contributed by atoms with E-state index in [1.165, 1.54) is 0 Å². The van der Waals surface area contributed by atoms with Crippen LogP contribution in [0.4, 0.5) is 5.69 Å². The van der Waals surface area contributed by atoms with Crippen LogP contribution in [-0.4, -0.2) is 17.3 Å². The summed E-state index contributed by atoms with van der Waals surface area (Å²) in [6, 6.07) is 5.09. The number of ether oxygens (including phenoxy) is 1. The van der Waals surface area contributed by atoms with Crippen LogP contribution in [-0.2, 0) is 4.79 Å². The largest absolute Gasteiger partial charge is 0.497 e. The first-order chi connectivity index (χ1) is 7.34. The third-order valence-corrected chi connectivity index (χ3v) is 2.65. The van der Waals surface area contributed by atoms with E-state index in [-0.39, 0.29) is 5.91 Å². The molecule has 88 valence electrons. The van der Waals surface area contributed by atoms with Crippen molar-refractivity contribution < 1.29 is 9.53 Å². The van der Waals surface area contributed by atoms with Crippen LogP contribution in [0.25, 0.3) is 0 Å². The molecule has 1 amide bonds. The number of carbonyl (C=O) groups is 1. The number of hydrogen-bond donors (Lipinski definition) is 1. The highest BCUT2D eigenvalue weighted by Gasteiger charge is 2.24. The minimum Gasteiger partial charge on any atom is -0.497 e. The molecule has 0 fully saturated rings. The number of alkyl halides is 1. The maximum absolute atomic E-state index is 11.7. The van der Waals surface area contributed by atoms with Gasteiger partial charge in [-0.2, -0.15) is 0 Å². The molecule has 1 aromatic rings. The van der Waals surface area contributed by atoms with E-state index in [1.807, 2.05) is 0 Å². The van der Waals surface area contributed by atoms with Crippen molar-refractivity contribution >= 4 is 39.1 Å². The maximum atomic E-state index is 11.7. The quantitative estimate of drug-likeness (QED) is 0.869. The summed E-state index contributed by atoms with van der Waals surface area (Å²) in [6.45, 7) is 3.52. The monoisotopic (exact) mass is 305 g/mol. The highest BCUT2D eigenvalue weighted by Crippen LogP contribution is 2.28. The normalized spacial score (nSPS) is 11.1. The number of carbonyl (C=O) groups excluding carboxylic acids is 1. The van der Waals surface area contributed by atoms with Gasteiger partial charge in [-0.15, -0.1) is 0 Å². The lowest BCUT2D eigenvalue weighted by Gasteiger charge is -2.16. The maximum Gasteiger partial charge on any atom is 0.240 e. The molecule has 0 heterocycles. The average Bonchev–Trinajstić information content (AvgIpc) is 2.19. The van der Waals surface area contributed by atoms with Gasteiger partial charge in [0.25, 0.3) is 0 Å². The highest BCUT2D eigenvalue weighted by molar-refractivity contribution is 9.10. The first kappa shape index (κ1) is 13.3. The van der Waals surface area contributed by atoms with Crippen molar-refractivity contribution in [3.63, 3.8) is 0 Å². The number of rotatable bonds is 3. The lowest BCUT2D eigenvalue weighted by atomic mass is 10.2. The Morgan fingerprint density at radius 3 is 2.62 bits per heavy atom. The molecule has 0 aromatic heterocycles. The molecule has 0 aliphatic rings. The van der Waals surface area contributed by atoms with Gasteiger partial charge in [-0.05, 0) is 26.0 Å². The fraction of sp³-hybridized carbons (Fsp3) is 0.364. The molecule has 3 nitrogen and oxygen atoms in total. The lowest BCUT2D eigenvalue weighted by molar-refractivity contribution is -0.117. The number of benzene rings is 1. The minimum absolute atomic E-state index is 0.164. The van der Waals surface area contributed by atoms with E-state index in [0.29, 0.717) is 16.5 Å². The molecule has 0 radical (unpaired) electrons. The summed E-state index contributed by atoms with van der Waals surface area (Å²) in [5.74, 6) is 0.481. The Morgan fingerprint density at radius 1 is 1.50 bits per heavy atom. The predicted octanol–water partition coefficient (Wildman–Crippen LogP) is 3.46. The van der Waals surface area contributed by atoms with E-state index in [2.05, 4.69) is 21.2 Å². The van der Waals surface area contributed by atoms with Crippen LogP contribution in [0.15, 0.2) is 18.2 Å². The van der Waals surface area contributed by atoms with Gasteiger partial charge in [0.05, 0.1) is 22.1 Å². The van der Waals surface area contributed by atoms with Crippen molar-refractivity contribution in [2.45, 2.75) is 18.2 Å². The van der Waals surface area contributed by atoms with E-state index in [0.717, 1.165) is 0 Å². The summed E-state index contributed by atoms with van der Waals surface area (Å²) in [5, 5.41) is 3.20. The van der Waals surface area contributed by atoms with Crippen LogP contribution < -0.4 is 10.1 Å². The fourth-order valence-corrected chi connectivity index (χ4v) is 1.26. The second-order valence-corrected chi connectivity index (χ2v) is 6.16. The van der Waals surface area contributed by atoms with Crippen LogP contribution in [0.5, 0.6) is 5.75 Å². The number of nitrogens with one attached hydrogen (secondary N) is 1. The Bertz CT molecular complexity index is 401. The summed E-state index contributed by atoms with van der Waals surface area (Å²) in [7, 11) is 1.56. The van der Waals surface area contributed by atoms with Gasteiger partial charge >= 0.3 is 0 Å². The Hall–Kier alpha value is -0.740. The average molecular weight is 307 g/mol. The van der Waals surface area contributed by atoms with Gasteiger partial charge in [0, 0.05) is 6.07 Å².